The van der Waals surface area contributed by atoms with Gasteiger partial charge in [0.1, 0.15) is 23.1 Å². The van der Waals surface area contributed by atoms with Gasteiger partial charge in [-0.1, -0.05) is 29.8 Å². The highest BCUT2D eigenvalue weighted by Crippen LogP contribution is 2.45. The molecule has 0 saturated carbocycles. The number of aliphatic hydroxyl groups is 1. The molecule has 1 aliphatic heterocycles. The minimum absolute atomic E-state index is 0.146. The normalized spacial score (nSPS) is 17.2. The molecular formula is C25H18BrClFNO5. The van der Waals surface area contributed by atoms with Crippen LogP contribution in [0.1, 0.15) is 17.2 Å². The zero-order valence-corrected chi connectivity index (χ0v) is 20.4. The summed E-state index contributed by atoms with van der Waals surface area (Å²) < 4.78 is 25.1. The van der Waals surface area contributed by atoms with Crippen molar-refractivity contribution in [3.05, 3.63) is 92.7 Å². The van der Waals surface area contributed by atoms with Gasteiger partial charge in [0.2, 0.25) is 0 Å². The first-order valence-corrected chi connectivity index (χ1v) is 11.2. The number of carbonyl (C=O) groups is 2. The van der Waals surface area contributed by atoms with E-state index in [0.29, 0.717) is 27.1 Å². The van der Waals surface area contributed by atoms with E-state index in [0.717, 1.165) is 6.07 Å². The molecule has 34 heavy (non-hydrogen) atoms. The van der Waals surface area contributed by atoms with Crippen LogP contribution in [0.4, 0.5) is 10.1 Å². The number of nitrogens with zero attached hydrogens (tertiary/aromatic N) is 1. The Kier molecular flexibility index (Phi) is 6.63. The molecule has 6 nitrogen and oxygen atoms in total. The van der Waals surface area contributed by atoms with Crippen LogP contribution in [0.15, 0.2) is 70.7 Å². The van der Waals surface area contributed by atoms with Gasteiger partial charge < -0.3 is 14.6 Å². The number of ketones is 1. The second kappa shape index (κ2) is 9.48. The van der Waals surface area contributed by atoms with Crippen LogP contribution < -0.4 is 14.4 Å². The van der Waals surface area contributed by atoms with E-state index in [1.807, 2.05) is 0 Å². The van der Waals surface area contributed by atoms with Gasteiger partial charge in [-0.2, -0.15) is 0 Å². The fourth-order valence-corrected chi connectivity index (χ4v) is 4.60. The van der Waals surface area contributed by atoms with Crippen LogP contribution in [-0.2, 0) is 9.59 Å². The smallest absolute Gasteiger partial charge is 0.300 e. The molecule has 1 unspecified atom stereocenters. The number of Topliss-reactive ketones (excluding diaryl/α,β-unsaturated/α-hetero) is 1. The maximum absolute atomic E-state index is 13.8. The third-order valence-corrected chi connectivity index (χ3v) is 6.39. The molecule has 1 aliphatic rings. The van der Waals surface area contributed by atoms with E-state index in [2.05, 4.69) is 15.9 Å². The predicted molar refractivity (Wildman–Crippen MR) is 130 cm³/mol. The Balaban J connectivity index is 1.98. The summed E-state index contributed by atoms with van der Waals surface area (Å²) in [4.78, 5) is 27.7. The molecule has 0 spiro atoms. The molecule has 9 heteroatoms. The Morgan fingerprint density at radius 1 is 1.03 bits per heavy atom. The van der Waals surface area contributed by atoms with E-state index in [4.69, 9.17) is 21.1 Å². The molecule has 0 bridgehead atoms. The van der Waals surface area contributed by atoms with Gasteiger partial charge >= 0.3 is 0 Å². The van der Waals surface area contributed by atoms with Crippen LogP contribution in [0.2, 0.25) is 5.02 Å². The van der Waals surface area contributed by atoms with Crippen molar-refractivity contribution in [2.45, 2.75) is 6.04 Å². The number of anilines is 1. The number of hydrogen-bond acceptors (Lipinski definition) is 5. The number of halogens is 3. The molecule has 1 amide bonds. The van der Waals surface area contributed by atoms with Gasteiger partial charge in [-0.25, -0.2) is 4.39 Å². The van der Waals surface area contributed by atoms with Crippen LogP contribution in [0.5, 0.6) is 11.5 Å². The fourth-order valence-electron chi connectivity index (χ4n) is 3.89. The topological polar surface area (TPSA) is 76.1 Å². The lowest BCUT2D eigenvalue weighted by molar-refractivity contribution is -0.132. The van der Waals surface area contributed by atoms with Crippen molar-refractivity contribution in [3.63, 3.8) is 0 Å². The van der Waals surface area contributed by atoms with Gasteiger partial charge in [-0.3, -0.25) is 14.5 Å². The summed E-state index contributed by atoms with van der Waals surface area (Å²) in [6.45, 7) is 0. The molecule has 1 atom stereocenters. The third kappa shape index (κ3) is 4.03. The predicted octanol–water partition coefficient (Wildman–Crippen LogP) is 5.89. The first-order valence-electron chi connectivity index (χ1n) is 10.0. The summed E-state index contributed by atoms with van der Waals surface area (Å²) in [6, 6.07) is 14.2. The molecule has 1 N–H and O–H groups in total. The van der Waals surface area contributed by atoms with Crippen LogP contribution >= 0.6 is 27.5 Å². The Hall–Kier alpha value is -3.36. The van der Waals surface area contributed by atoms with Crippen LogP contribution in [0.25, 0.3) is 5.76 Å². The Morgan fingerprint density at radius 3 is 2.38 bits per heavy atom. The molecule has 3 aromatic rings. The second-order valence-electron chi connectivity index (χ2n) is 7.36. The molecular weight excluding hydrogens is 529 g/mol. The van der Waals surface area contributed by atoms with Crippen molar-refractivity contribution in [2.24, 2.45) is 0 Å². The van der Waals surface area contributed by atoms with E-state index in [1.165, 1.54) is 31.3 Å². The number of aliphatic hydroxyl groups excluding tert-OH is 1. The van der Waals surface area contributed by atoms with Crippen LogP contribution in [0.3, 0.4) is 0 Å². The number of amides is 1. The first kappa shape index (κ1) is 23.8. The average Bonchev–Trinajstić information content (AvgIpc) is 3.10. The number of benzene rings is 3. The third-order valence-electron chi connectivity index (χ3n) is 5.48. The van der Waals surface area contributed by atoms with Crippen molar-refractivity contribution in [1.82, 2.24) is 0 Å². The van der Waals surface area contributed by atoms with Gasteiger partial charge in [0.05, 0.1) is 35.3 Å². The van der Waals surface area contributed by atoms with E-state index in [9.17, 15) is 19.1 Å². The highest BCUT2D eigenvalue weighted by Gasteiger charge is 2.48. The zero-order valence-electron chi connectivity index (χ0n) is 18.0. The van der Waals surface area contributed by atoms with Gasteiger partial charge in [0, 0.05) is 16.8 Å². The molecule has 1 heterocycles. The fraction of sp³-hybridized carbons (Fsp3) is 0.120. The highest BCUT2D eigenvalue weighted by molar-refractivity contribution is 9.10. The summed E-state index contributed by atoms with van der Waals surface area (Å²) in [7, 11) is 2.96. The van der Waals surface area contributed by atoms with Crippen LogP contribution in [0, 0.1) is 5.82 Å². The minimum Gasteiger partial charge on any atom is -0.507 e. The Bertz CT molecular complexity index is 1340. The quantitative estimate of drug-likeness (QED) is 0.246. The van der Waals surface area contributed by atoms with E-state index >= 15 is 0 Å². The molecule has 1 saturated heterocycles. The lowest BCUT2D eigenvalue weighted by atomic mass is 9.94. The van der Waals surface area contributed by atoms with Crippen molar-refractivity contribution in [3.8, 4) is 11.5 Å². The van der Waals surface area contributed by atoms with Crippen molar-refractivity contribution in [2.75, 3.05) is 19.1 Å². The number of rotatable bonds is 5. The van der Waals surface area contributed by atoms with Crippen molar-refractivity contribution < 1.29 is 28.6 Å². The van der Waals surface area contributed by atoms with Gasteiger partial charge in [-0.05, 0) is 58.4 Å². The second-order valence-corrected chi connectivity index (χ2v) is 8.62. The zero-order chi connectivity index (χ0) is 24.6. The maximum atomic E-state index is 13.8. The molecule has 3 aromatic carbocycles. The van der Waals surface area contributed by atoms with E-state index < -0.39 is 23.5 Å². The molecule has 174 valence electrons. The maximum Gasteiger partial charge on any atom is 0.300 e. The summed E-state index contributed by atoms with van der Waals surface area (Å²) >= 11 is 9.33. The number of para-hydroxylation sites is 1. The summed E-state index contributed by atoms with van der Waals surface area (Å²) in [6.07, 6.45) is 0. The van der Waals surface area contributed by atoms with Crippen LogP contribution in [-0.4, -0.2) is 31.0 Å². The largest absolute Gasteiger partial charge is 0.507 e. The first-order chi connectivity index (χ1) is 16.3. The summed E-state index contributed by atoms with van der Waals surface area (Å²) in [5.41, 5.74) is 0.799. The molecule has 0 radical (unpaired) electrons. The number of hydrogen-bond donors (Lipinski definition) is 1. The van der Waals surface area contributed by atoms with Gasteiger partial charge in [-0.15, -0.1) is 0 Å². The van der Waals surface area contributed by atoms with E-state index in [-0.39, 0.29) is 22.0 Å². The van der Waals surface area contributed by atoms with E-state index in [1.54, 1.807) is 42.5 Å². The molecule has 1 fully saturated rings. The Labute approximate surface area is 208 Å². The SMILES string of the molecule is COc1ccc(/C(O)=C2\C(=O)C(=O)N(c3ccc(F)c(Cl)c3)C2c2ccccc2OC)cc1Br. The van der Waals surface area contributed by atoms with Crippen molar-refractivity contribution in [1.29, 1.82) is 0 Å². The summed E-state index contributed by atoms with van der Waals surface area (Å²) in [5, 5.41) is 11.0. The monoisotopic (exact) mass is 545 g/mol. The molecule has 4 rings (SSSR count). The number of ether oxygens (including phenoxy) is 2. The molecule has 0 aromatic heterocycles. The number of methoxy groups -OCH3 is 2. The molecule has 0 aliphatic carbocycles. The minimum atomic E-state index is -1.06. The van der Waals surface area contributed by atoms with Gasteiger partial charge in [0.25, 0.3) is 11.7 Å². The summed E-state index contributed by atoms with van der Waals surface area (Å²) in [5.74, 6) is -1.92. The standard InChI is InChI=1S/C25H18BrClFNO5/c1-33-19-6-4-3-5-15(19)22-21(23(30)13-7-10-20(34-2)16(26)11-13)24(31)25(32)29(22)14-8-9-18(28)17(27)12-14/h3-12,22,30H,1-2H3/b23-21+. The average molecular weight is 547 g/mol. The van der Waals surface area contributed by atoms with Gasteiger partial charge in [0.15, 0.2) is 0 Å². The Morgan fingerprint density at radius 2 is 1.74 bits per heavy atom. The number of carbonyl (C=O) groups excluding carboxylic acids is 2. The lowest BCUT2D eigenvalue weighted by Gasteiger charge is -2.26. The lowest BCUT2D eigenvalue weighted by Crippen LogP contribution is -2.29. The highest BCUT2D eigenvalue weighted by atomic mass is 79.9. The van der Waals surface area contributed by atoms with Crippen molar-refractivity contribution >= 4 is 50.7 Å².